The zero-order chi connectivity index (χ0) is 64.7. The maximum atomic E-state index is 12.9. The van der Waals surface area contributed by atoms with Crippen molar-refractivity contribution < 1.29 is 42.9 Å². The average molecular weight is 1240 g/mol. The highest BCUT2D eigenvalue weighted by Gasteiger charge is 2.25. The van der Waals surface area contributed by atoms with E-state index >= 15 is 0 Å². The molecule has 0 fully saturated rings. The van der Waals surface area contributed by atoms with Crippen LogP contribution in [0.5, 0.6) is 0 Å². The molecule has 1 N–H and O–H groups in total. The van der Waals surface area contributed by atoms with Gasteiger partial charge in [-0.25, -0.2) is 4.79 Å². The number of quaternary nitrogens is 1. The van der Waals surface area contributed by atoms with E-state index in [0.29, 0.717) is 17.4 Å². The molecule has 9 nitrogen and oxygen atoms in total. The number of allylic oxidation sites excluding steroid dienone is 26. The number of likely N-dealkylation sites (N-methyl/N-ethyl adjacent to an activating group) is 1. The quantitative estimate of drug-likeness (QED) is 0.0211. The molecular formula is C80H132NO8+. The van der Waals surface area contributed by atoms with Gasteiger partial charge >= 0.3 is 17.9 Å². The number of rotatable bonds is 64. The fraction of sp³-hybridized carbons (Fsp3) is 0.637. The minimum absolute atomic E-state index is 0.178. The zero-order valence-corrected chi connectivity index (χ0v) is 57.5. The Kier molecular flexibility index (Phi) is 64.9. The molecule has 0 aliphatic carbocycles. The Balaban J connectivity index is 4.19. The largest absolute Gasteiger partial charge is 0.477 e. The summed E-state index contributed by atoms with van der Waals surface area (Å²) in [5, 5.41) is 9.75. The highest BCUT2D eigenvalue weighted by atomic mass is 16.7. The molecule has 0 aliphatic heterocycles. The van der Waals surface area contributed by atoms with Crippen LogP contribution in [0.4, 0.5) is 0 Å². The molecule has 0 radical (unpaired) electrons. The van der Waals surface area contributed by atoms with Crippen LogP contribution >= 0.6 is 0 Å². The van der Waals surface area contributed by atoms with Crippen molar-refractivity contribution in [1.29, 1.82) is 0 Å². The van der Waals surface area contributed by atoms with E-state index in [0.717, 1.165) is 122 Å². The second-order valence-corrected chi connectivity index (χ2v) is 24.5. The van der Waals surface area contributed by atoms with Crippen LogP contribution in [-0.4, -0.2) is 87.4 Å². The summed E-state index contributed by atoms with van der Waals surface area (Å²) in [6.45, 7) is 4.74. The standard InChI is InChI=1S/C80H131NO8/c1-6-8-10-12-14-16-18-20-22-24-26-28-30-31-32-33-34-35-36-37-38-39-40-41-42-43-44-45-46-47-49-51-53-55-57-59-61-63-65-67-69-71-78(83)89-76(75-88-80(79(84)85)86-73-72-81(3,4)5)74-87-77(82)70-68-66-64-62-60-58-56-54-52-50-48-29-27-25-23-21-19-17-15-13-11-9-7-2/h8,10,14,16,19-22,25-28,31-32,34-35,37-38,40-41,43-44,46-47,51,53,76,80H,6-7,9,11-13,15,17-18,23-24,29-30,33,36,39,42,45,48-50,52,54-75H2,1-5H3/p+1/b10-8-,16-14-,21-19-,22-20-,27-25-,28-26-,32-31-,35-34-,38-37-,41-40-,44-43-,47-46-,53-51-. The second-order valence-electron chi connectivity index (χ2n) is 24.5. The summed E-state index contributed by atoms with van der Waals surface area (Å²) < 4.78 is 23.0. The maximum absolute atomic E-state index is 12.9. The lowest BCUT2D eigenvalue weighted by Crippen LogP contribution is -2.40. The van der Waals surface area contributed by atoms with Crippen LogP contribution in [0.15, 0.2) is 158 Å². The third kappa shape index (κ3) is 70.2. The van der Waals surface area contributed by atoms with Crippen LogP contribution in [-0.2, 0) is 33.3 Å². The average Bonchev–Trinajstić information content (AvgIpc) is 3.64. The van der Waals surface area contributed by atoms with Crippen molar-refractivity contribution in [2.24, 2.45) is 0 Å². The Morgan fingerprint density at radius 1 is 0.348 bits per heavy atom. The van der Waals surface area contributed by atoms with Crippen LogP contribution in [0.2, 0.25) is 0 Å². The molecule has 2 unspecified atom stereocenters. The van der Waals surface area contributed by atoms with Crippen molar-refractivity contribution in [2.75, 3.05) is 47.5 Å². The fourth-order valence-corrected chi connectivity index (χ4v) is 9.34. The minimum atomic E-state index is -1.52. The van der Waals surface area contributed by atoms with Gasteiger partial charge in [0.25, 0.3) is 6.29 Å². The molecule has 0 aromatic heterocycles. The first-order chi connectivity index (χ1) is 43.6. The number of carbonyl (C=O) groups is 3. The number of hydrogen-bond donors (Lipinski definition) is 1. The number of ether oxygens (including phenoxy) is 4. The second kappa shape index (κ2) is 68.8. The first kappa shape index (κ1) is 83.9. The molecule has 0 aromatic rings. The third-order valence-corrected chi connectivity index (χ3v) is 14.8. The summed E-state index contributed by atoms with van der Waals surface area (Å²) in [4.78, 5) is 37.6. The zero-order valence-electron chi connectivity index (χ0n) is 57.5. The lowest BCUT2D eigenvalue weighted by molar-refractivity contribution is -0.870. The molecular weight excluding hydrogens is 1100 g/mol. The summed E-state index contributed by atoms with van der Waals surface area (Å²) >= 11 is 0. The number of carbonyl (C=O) groups excluding carboxylic acids is 2. The normalized spacial score (nSPS) is 13.7. The van der Waals surface area contributed by atoms with E-state index in [2.05, 4.69) is 172 Å². The molecule has 0 aromatic carbocycles. The Morgan fingerprint density at radius 2 is 0.640 bits per heavy atom. The van der Waals surface area contributed by atoms with Gasteiger partial charge in [0, 0.05) is 12.8 Å². The van der Waals surface area contributed by atoms with Crippen LogP contribution in [0.1, 0.15) is 271 Å². The predicted molar refractivity (Wildman–Crippen MR) is 382 cm³/mol. The van der Waals surface area contributed by atoms with Gasteiger partial charge in [-0.15, -0.1) is 0 Å². The van der Waals surface area contributed by atoms with Crippen LogP contribution in [0.3, 0.4) is 0 Å². The lowest BCUT2D eigenvalue weighted by Gasteiger charge is -2.25. The number of esters is 2. The predicted octanol–water partition coefficient (Wildman–Crippen LogP) is 22.5. The van der Waals surface area contributed by atoms with Crippen molar-refractivity contribution in [3.05, 3.63) is 158 Å². The van der Waals surface area contributed by atoms with Crippen molar-refractivity contribution in [2.45, 2.75) is 283 Å². The Hall–Kier alpha value is -5.09. The molecule has 2 atom stereocenters. The molecule has 0 rings (SSSR count). The van der Waals surface area contributed by atoms with E-state index in [1.54, 1.807) is 0 Å². The molecule has 0 saturated carbocycles. The SMILES string of the molecule is CC/C=C\C/C=C\C/C=C\C/C=C\C/C=C\C/C=C\C/C=C\C/C=C\C/C=C\C/C=C\C/C=C\CCCCCCCCCC(=O)OC(COC(=O)CCCCCCCCCCCCC/C=C\C/C=C\CCCCCCC)COC(OCC[N+](C)(C)C)C(=O)O. The van der Waals surface area contributed by atoms with Crippen molar-refractivity contribution in [1.82, 2.24) is 0 Å². The fourth-order valence-electron chi connectivity index (χ4n) is 9.34. The van der Waals surface area contributed by atoms with Gasteiger partial charge in [0.2, 0.25) is 0 Å². The number of unbranched alkanes of at least 4 members (excludes halogenated alkanes) is 23. The van der Waals surface area contributed by atoms with E-state index in [9.17, 15) is 19.5 Å². The Labute approximate surface area is 546 Å². The van der Waals surface area contributed by atoms with Gasteiger partial charge in [-0.05, 0) is 128 Å². The molecule has 0 amide bonds. The van der Waals surface area contributed by atoms with Gasteiger partial charge in [-0.1, -0.05) is 287 Å². The van der Waals surface area contributed by atoms with E-state index in [1.165, 1.54) is 116 Å². The molecule has 9 heteroatoms. The number of carboxylic acid groups (broad SMARTS) is 1. The Bertz CT molecular complexity index is 2020. The molecule has 0 saturated heterocycles. The minimum Gasteiger partial charge on any atom is -0.477 e. The van der Waals surface area contributed by atoms with E-state index < -0.39 is 24.3 Å². The summed E-state index contributed by atoms with van der Waals surface area (Å²) in [5.74, 6) is -2.03. The summed E-state index contributed by atoms with van der Waals surface area (Å²) in [6, 6.07) is 0. The highest BCUT2D eigenvalue weighted by molar-refractivity contribution is 5.71. The smallest absolute Gasteiger partial charge is 0.361 e. The molecule has 504 valence electrons. The lowest BCUT2D eigenvalue weighted by atomic mass is 10.0. The van der Waals surface area contributed by atoms with Crippen molar-refractivity contribution in [3.63, 3.8) is 0 Å². The van der Waals surface area contributed by atoms with E-state index in [-0.39, 0.29) is 38.6 Å². The first-order valence-electron chi connectivity index (χ1n) is 35.6. The highest BCUT2D eigenvalue weighted by Crippen LogP contribution is 2.16. The van der Waals surface area contributed by atoms with Gasteiger partial charge in [-0.3, -0.25) is 9.59 Å². The van der Waals surface area contributed by atoms with E-state index in [1.807, 2.05) is 21.1 Å². The molecule has 0 spiro atoms. The maximum Gasteiger partial charge on any atom is 0.361 e. The summed E-state index contributed by atoms with van der Waals surface area (Å²) in [7, 11) is 5.96. The van der Waals surface area contributed by atoms with Crippen molar-refractivity contribution >= 4 is 17.9 Å². The number of aliphatic carboxylic acids is 1. The number of carboxylic acids is 1. The van der Waals surface area contributed by atoms with Gasteiger partial charge in [-0.2, -0.15) is 0 Å². The third-order valence-electron chi connectivity index (χ3n) is 14.8. The van der Waals surface area contributed by atoms with E-state index in [4.69, 9.17) is 18.9 Å². The van der Waals surface area contributed by atoms with Crippen molar-refractivity contribution in [3.8, 4) is 0 Å². The van der Waals surface area contributed by atoms with Gasteiger partial charge in [0.1, 0.15) is 13.2 Å². The topological polar surface area (TPSA) is 108 Å². The van der Waals surface area contributed by atoms with Gasteiger partial charge in [0.05, 0.1) is 34.4 Å². The summed E-state index contributed by atoms with van der Waals surface area (Å²) in [6.07, 6.45) is 99.2. The monoisotopic (exact) mass is 1230 g/mol. The molecule has 0 aliphatic rings. The number of hydrogen-bond acceptors (Lipinski definition) is 7. The Morgan fingerprint density at radius 3 is 0.955 bits per heavy atom. The molecule has 89 heavy (non-hydrogen) atoms. The van der Waals surface area contributed by atoms with Gasteiger partial charge < -0.3 is 28.5 Å². The molecule has 0 bridgehead atoms. The van der Waals surface area contributed by atoms with Gasteiger partial charge in [0.15, 0.2) is 6.10 Å². The summed E-state index contributed by atoms with van der Waals surface area (Å²) in [5.41, 5.74) is 0. The number of nitrogens with zero attached hydrogens (tertiary/aromatic N) is 1. The van der Waals surface area contributed by atoms with Crippen LogP contribution < -0.4 is 0 Å². The molecule has 0 heterocycles. The first-order valence-corrected chi connectivity index (χ1v) is 35.6. The van der Waals surface area contributed by atoms with Crippen LogP contribution in [0, 0.1) is 0 Å². The van der Waals surface area contributed by atoms with Crippen LogP contribution in [0.25, 0.3) is 0 Å².